The molecule has 140 valence electrons. The van der Waals surface area contributed by atoms with Crippen molar-refractivity contribution in [1.82, 2.24) is 9.62 Å². The van der Waals surface area contributed by atoms with E-state index in [0.29, 0.717) is 10.8 Å². The number of carbonyl (C=O) groups excluding carboxylic acids is 1. The monoisotopic (exact) mass is 396 g/mol. The van der Waals surface area contributed by atoms with Crippen molar-refractivity contribution in [3.8, 4) is 5.75 Å². The third kappa shape index (κ3) is 5.45. The Kier molecular flexibility index (Phi) is 7.02. The first kappa shape index (κ1) is 20.2. The number of nitrogens with one attached hydrogen (secondary N) is 1. The fraction of sp³-hybridized carbons (Fsp3) is 0.278. The summed E-state index contributed by atoms with van der Waals surface area (Å²) in [5, 5.41) is 3.11. The van der Waals surface area contributed by atoms with Gasteiger partial charge in [0.1, 0.15) is 12.4 Å². The van der Waals surface area contributed by atoms with Gasteiger partial charge >= 0.3 is 0 Å². The molecule has 1 amide bonds. The zero-order chi connectivity index (χ0) is 19.2. The molecular weight excluding hydrogens is 376 g/mol. The molecule has 0 aliphatic heterocycles. The first-order chi connectivity index (χ1) is 12.3. The second-order valence-electron chi connectivity index (χ2n) is 5.70. The zero-order valence-corrected chi connectivity index (χ0v) is 16.2. The molecule has 0 aliphatic rings. The number of hydrogen-bond acceptors (Lipinski definition) is 4. The van der Waals surface area contributed by atoms with Crippen LogP contribution in [0, 0.1) is 6.92 Å². The highest BCUT2D eigenvalue weighted by Crippen LogP contribution is 2.22. The van der Waals surface area contributed by atoms with Crippen LogP contribution in [-0.2, 0) is 14.8 Å². The standard InChI is InChI=1S/C18H21ClN2O4S/c1-14-7-9-15(10-8-14)26(23,24)21(2)13-18(22)20-11-12-25-17-6-4-3-5-16(17)19/h3-10H,11-13H2,1-2H3,(H,20,22). The fourth-order valence-electron chi connectivity index (χ4n) is 2.15. The number of ether oxygens (including phenoxy) is 1. The van der Waals surface area contributed by atoms with Crippen LogP contribution in [0.5, 0.6) is 5.75 Å². The summed E-state index contributed by atoms with van der Waals surface area (Å²) < 4.78 is 31.4. The molecule has 0 heterocycles. The van der Waals surface area contributed by atoms with Gasteiger partial charge in [0.05, 0.1) is 23.0 Å². The summed E-state index contributed by atoms with van der Waals surface area (Å²) in [5.41, 5.74) is 0.961. The number of benzene rings is 2. The first-order valence-electron chi connectivity index (χ1n) is 7.98. The van der Waals surface area contributed by atoms with Crippen LogP contribution in [0.4, 0.5) is 0 Å². The van der Waals surface area contributed by atoms with E-state index in [-0.39, 0.29) is 24.6 Å². The summed E-state index contributed by atoms with van der Waals surface area (Å²) in [6, 6.07) is 13.5. The van der Waals surface area contributed by atoms with Crippen molar-refractivity contribution in [2.75, 3.05) is 26.7 Å². The lowest BCUT2D eigenvalue weighted by Crippen LogP contribution is -2.39. The predicted molar refractivity (Wildman–Crippen MR) is 101 cm³/mol. The van der Waals surface area contributed by atoms with Gasteiger partial charge in [-0.25, -0.2) is 8.42 Å². The van der Waals surface area contributed by atoms with Gasteiger partial charge in [0.15, 0.2) is 0 Å². The Morgan fingerprint density at radius 1 is 1.15 bits per heavy atom. The Morgan fingerprint density at radius 3 is 2.46 bits per heavy atom. The summed E-state index contributed by atoms with van der Waals surface area (Å²) in [7, 11) is -2.34. The number of para-hydroxylation sites is 1. The zero-order valence-electron chi connectivity index (χ0n) is 14.6. The maximum absolute atomic E-state index is 12.4. The number of amides is 1. The summed E-state index contributed by atoms with van der Waals surface area (Å²) in [4.78, 5) is 12.1. The molecule has 2 rings (SSSR count). The van der Waals surface area contributed by atoms with Gasteiger partial charge in [-0.2, -0.15) is 4.31 Å². The minimum Gasteiger partial charge on any atom is -0.490 e. The molecule has 26 heavy (non-hydrogen) atoms. The molecule has 0 saturated heterocycles. The van der Waals surface area contributed by atoms with Crippen LogP contribution in [-0.4, -0.2) is 45.4 Å². The van der Waals surface area contributed by atoms with E-state index < -0.39 is 15.9 Å². The van der Waals surface area contributed by atoms with Crippen LogP contribution in [0.25, 0.3) is 0 Å². The summed E-state index contributed by atoms with van der Waals surface area (Å²) in [5.74, 6) is 0.119. The minimum absolute atomic E-state index is 0.153. The Balaban J connectivity index is 1.81. The first-order valence-corrected chi connectivity index (χ1v) is 9.79. The summed E-state index contributed by atoms with van der Waals surface area (Å²) in [6.07, 6.45) is 0. The maximum Gasteiger partial charge on any atom is 0.243 e. The van der Waals surface area contributed by atoms with Crippen LogP contribution in [0.15, 0.2) is 53.4 Å². The van der Waals surface area contributed by atoms with Crippen molar-refractivity contribution in [1.29, 1.82) is 0 Å². The third-order valence-corrected chi connectivity index (χ3v) is 5.74. The van der Waals surface area contributed by atoms with Gasteiger partial charge in [-0.05, 0) is 31.2 Å². The van der Waals surface area contributed by atoms with Gasteiger partial charge in [-0.15, -0.1) is 0 Å². The lowest BCUT2D eigenvalue weighted by molar-refractivity contribution is -0.121. The van der Waals surface area contributed by atoms with Gasteiger partial charge in [-0.1, -0.05) is 41.4 Å². The van der Waals surface area contributed by atoms with Crippen LogP contribution >= 0.6 is 11.6 Å². The van der Waals surface area contributed by atoms with Gasteiger partial charge in [0, 0.05) is 7.05 Å². The van der Waals surface area contributed by atoms with E-state index in [2.05, 4.69) is 5.32 Å². The topological polar surface area (TPSA) is 75.7 Å². The fourth-order valence-corrected chi connectivity index (χ4v) is 3.46. The molecule has 0 saturated carbocycles. The molecule has 8 heteroatoms. The lowest BCUT2D eigenvalue weighted by atomic mass is 10.2. The molecule has 0 bridgehead atoms. The number of sulfonamides is 1. The third-order valence-electron chi connectivity index (χ3n) is 3.61. The van der Waals surface area contributed by atoms with E-state index >= 15 is 0 Å². The highest BCUT2D eigenvalue weighted by atomic mass is 35.5. The van der Waals surface area contributed by atoms with Crippen molar-refractivity contribution in [3.05, 3.63) is 59.1 Å². The second-order valence-corrected chi connectivity index (χ2v) is 8.16. The van der Waals surface area contributed by atoms with E-state index in [1.54, 1.807) is 36.4 Å². The smallest absolute Gasteiger partial charge is 0.243 e. The Bertz CT molecular complexity index is 854. The average Bonchev–Trinajstić information content (AvgIpc) is 2.60. The number of likely N-dealkylation sites (N-methyl/N-ethyl adjacent to an activating group) is 1. The molecule has 0 aliphatic carbocycles. The van der Waals surface area contributed by atoms with Crippen molar-refractivity contribution >= 4 is 27.5 Å². The summed E-state index contributed by atoms with van der Waals surface area (Å²) >= 11 is 5.97. The molecule has 0 atom stereocenters. The number of aryl methyl sites for hydroxylation is 1. The van der Waals surface area contributed by atoms with Crippen LogP contribution < -0.4 is 10.1 Å². The van der Waals surface area contributed by atoms with Gasteiger partial charge < -0.3 is 10.1 Å². The lowest BCUT2D eigenvalue weighted by Gasteiger charge is -2.17. The molecule has 2 aromatic rings. The minimum atomic E-state index is -3.71. The molecular formula is C18H21ClN2O4S. The number of hydrogen-bond donors (Lipinski definition) is 1. The largest absolute Gasteiger partial charge is 0.490 e. The number of nitrogens with zero attached hydrogens (tertiary/aromatic N) is 1. The molecule has 2 aromatic carbocycles. The van der Waals surface area contributed by atoms with Gasteiger partial charge in [0.25, 0.3) is 0 Å². The highest BCUT2D eigenvalue weighted by Gasteiger charge is 2.22. The highest BCUT2D eigenvalue weighted by molar-refractivity contribution is 7.89. The van der Waals surface area contributed by atoms with Crippen molar-refractivity contribution < 1.29 is 17.9 Å². The van der Waals surface area contributed by atoms with E-state index in [1.807, 2.05) is 6.92 Å². The van der Waals surface area contributed by atoms with E-state index in [1.165, 1.54) is 19.2 Å². The van der Waals surface area contributed by atoms with Crippen LogP contribution in [0.1, 0.15) is 5.56 Å². The SMILES string of the molecule is Cc1ccc(S(=O)(=O)N(C)CC(=O)NCCOc2ccccc2Cl)cc1. The van der Waals surface area contributed by atoms with Crippen molar-refractivity contribution in [2.24, 2.45) is 0 Å². The van der Waals surface area contributed by atoms with Crippen LogP contribution in [0.3, 0.4) is 0 Å². The van der Waals surface area contributed by atoms with Crippen molar-refractivity contribution in [3.63, 3.8) is 0 Å². The average molecular weight is 397 g/mol. The summed E-state index contributed by atoms with van der Waals surface area (Å²) in [6.45, 7) is 2.06. The van der Waals surface area contributed by atoms with Crippen molar-refractivity contribution in [2.45, 2.75) is 11.8 Å². The molecule has 0 unspecified atom stereocenters. The molecule has 0 fully saturated rings. The number of rotatable bonds is 8. The predicted octanol–water partition coefficient (Wildman–Crippen LogP) is 2.46. The molecule has 6 nitrogen and oxygen atoms in total. The Hall–Kier alpha value is -2.09. The molecule has 0 aromatic heterocycles. The second kappa shape index (κ2) is 9.02. The van der Waals surface area contributed by atoms with E-state index in [9.17, 15) is 13.2 Å². The van der Waals surface area contributed by atoms with Gasteiger partial charge in [-0.3, -0.25) is 4.79 Å². The van der Waals surface area contributed by atoms with E-state index in [0.717, 1.165) is 9.87 Å². The Morgan fingerprint density at radius 2 is 1.81 bits per heavy atom. The Labute approximate surface area is 158 Å². The normalized spacial score (nSPS) is 11.4. The number of halogens is 1. The maximum atomic E-state index is 12.4. The van der Waals surface area contributed by atoms with E-state index in [4.69, 9.17) is 16.3 Å². The molecule has 1 N–H and O–H groups in total. The number of carbonyl (C=O) groups is 1. The molecule has 0 radical (unpaired) electrons. The molecule has 0 spiro atoms. The quantitative estimate of drug-likeness (QED) is 0.695. The van der Waals surface area contributed by atoms with Gasteiger partial charge in [0.2, 0.25) is 15.9 Å². The van der Waals surface area contributed by atoms with Crippen LogP contribution in [0.2, 0.25) is 5.02 Å².